The van der Waals surface area contributed by atoms with Crippen molar-refractivity contribution in [1.29, 1.82) is 0 Å². The number of urea groups is 1. The van der Waals surface area contributed by atoms with Gasteiger partial charge in [0.25, 0.3) is 0 Å². The Labute approximate surface area is 171 Å². The molecule has 2 saturated heterocycles. The number of aromatic nitrogens is 1. The number of halogens is 1. The zero-order valence-corrected chi connectivity index (χ0v) is 16.9. The summed E-state index contributed by atoms with van der Waals surface area (Å²) >= 11 is 6.25. The summed E-state index contributed by atoms with van der Waals surface area (Å²) in [5, 5.41) is 3.81. The summed E-state index contributed by atoms with van der Waals surface area (Å²) in [6, 6.07) is 9.86. The molecule has 0 spiro atoms. The summed E-state index contributed by atoms with van der Waals surface area (Å²) in [6.07, 6.45) is 10.3. The molecule has 2 aromatic rings. The number of benzene rings is 1. The van der Waals surface area contributed by atoms with Crippen LogP contribution >= 0.6 is 11.6 Å². The second kappa shape index (κ2) is 8.82. The fourth-order valence-electron chi connectivity index (χ4n) is 4.31. The van der Waals surface area contributed by atoms with Gasteiger partial charge in [0.05, 0.1) is 17.4 Å². The third-order valence-electron chi connectivity index (χ3n) is 5.75. The molecule has 0 bridgehead atoms. The minimum absolute atomic E-state index is 0.0496. The van der Waals surface area contributed by atoms with E-state index < -0.39 is 0 Å². The van der Waals surface area contributed by atoms with Crippen LogP contribution in [0.5, 0.6) is 0 Å². The second-order valence-corrected chi connectivity index (χ2v) is 8.06. The van der Waals surface area contributed by atoms with E-state index >= 15 is 0 Å². The van der Waals surface area contributed by atoms with Crippen LogP contribution < -0.4 is 10.2 Å². The highest BCUT2D eigenvalue weighted by Crippen LogP contribution is 2.34. The van der Waals surface area contributed by atoms with Gasteiger partial charge in [-0.25, -0.2) is 4.79 Å². The van der Waals surface area contributed by atoms with Crippen molar-refractivity contribution < 1.29 is 4.79 Å². The summed E-state index contributed by atoms with van der Waals surface area (Å²) in [5.41, 5.74) is 3.01. The highest BCUT2D eigenvalue weighted by molar-refractivity contribution is 6.31. The lowest BCUT2D eigenvalue weighted by Gasteiger charge is -2.31. The molecule has 1 atom stereocenters. The maximum Gasteiger partial charge on any atom is 0.322 e. The van der Waals surface area contributed by atoms with Crippen LogP contribution in [0.1, 0.15) is 50.1 Å². The minimum Gasteiger partial charge on any atom is -0.370 e. The second-order valence-electron chi connectivity index (χ2n) is 7.62. The molecule has 2 amide bonds. The van der Waals surface area contributed by atoms with Gasteiger partial charge in [0, 0.05) is 37.1 Å². The van der Waals surface area contributed by atoms with Crippen molar-refractivity contribution >= 4 is 29.0 Å². The fourth-order valence-corrected chi connectivity index (χ4v) is 4.48. The van der Waals surface area contributed by atoms with E-state index in [1.807, 2.05) is 35.2 Å². The van der Waals surface area contributed by atoms with Crippen molar-refractivity contribution in [2.45, 2.75) is 44.6 Å². The topological polar surface area (TPSA) is 48.5 Å². The Morgan fingerprint density at radius 1 is 1.00 bits per heavy atom. The number of hydrogen-bond acceptors (Lipinski definition) is 3. The van der Waals surface area contributed by atoms with Crippen molar-refractivity contribution in [3.8, 4) is 0 Å². The molecular formula is C22H27ClN4O. The van der Waals surface area contributed by atoms with Crippen molar-refractivity contribution in [3.05, 3.63) is 53.3 Å². The first-order valence-corrected chi connectivity index (χ1v) is 10.6. The number of pyridine rings is 1. The number of likely N-dealkylation sites (tertiary alicyclic amines) is 1. The van der Waals surface area contributed by atoms with E-state index in [4.69, 9.17) is 11.6 Å². The van der Waals surface area contributed by atoms with Gasteiger partial charge in [-0.15, -0.1) is 0 Å². The third kappa shape index (κ3) is 4.25. The Kier molecular flexibility index (Phi) is 6.01. The molecule has 2 fully saturated rings. The predicted molar refractivity (Wildman–Crippen MR) is 114 cm³/mol. The maximum atomic E-state index is 13.3. The Morgan fingerprint density at radius 3 is 2.54 bits per heavy atom. The molecular weight excluding hydrogens is 372 g/mol. The quantitative estimate of drug-likeness (QED) is 0.744. The molecule has 28 heavy (non-hydrogen) atoms. The first kappa shape index (κ1) is 19.1. The lowest BCUT2D eigenvalue weighted by Crippen LogP contribution is -2.38. The van der Waals surface area contributed by atoms with Gasteiger partial charge in [-0.3, -0.25) is 4.98 Å². The molecule has 148 valence electrons. The van der Waals surface area contributed by atoms with Gasteiger partial charge < -0.3 is 15.1 Å². The number of nitrogens with zero attached hydrogens (tertiary/aromatic N) is 3. The molecule has 4 rings (SSSR count). The van der Waals surface area contributed by atoms with Crippen molar-refractivity contribution in [2.24, 2.45) is 0 Å². The number of carbonyl (C=O) groups is 1. The van der Waals surface area contributed by atoms with Crippen molar-refractivity contribution in [1.82, 2.24) is 9.88 Å². The Morgan fingerprint density at radius 2 is 1.75 bits per heavy atom. The number of nitrogens with one attached hydrogen (secondary N) is 1. The van der Waals surface area contributed by atoms with Crippen LogP contribution in [-0.4, -0.2) is 35.5 Å². The van der Waals surface area contributed by atoms with Crippen molar-refractivity contribution in [3.63, 3.8) is 0 Å². The van der Waals surface area contributed by atoms with Gasteiger partial charge in [0.1, 0.15) is 0 Å². The molecule has 0 unspecified atom stereocenters. The number of anilines is 2. The van der Waals surface area contributed by atoms with E-state index in [-0.39, 0.29) is 12.1 Å². The van der Waals surface area contributed by atoms with Crippen LogP contribution in [0.2, 0.25) is 5.02 Å². The summed E-state index contributed by atoms with van der Waals surface area (Å²) in [7, 11) is 0. The molecule has 0 aliphatic carbocycles. The minimum atomic E-state index is -0.0496. The van der Waals surface area contributed by atoms with Crippen LogP contribution in [0.25, 0.3) is 0 Å². The molecule has 2 aliphatic rings. The predicted octanol–water partition coefficient (Wildman–Crippen LogP) is 5.48. The van der Waals surface area contributed by atoms with Crippen LogP contribution in [0, 0.1) is 0 Å². The Balaban J connectivity index is 1.58. The van der Waals surface area contributed by atoms with E-state index in [9.17, 15) is 4.79 Å². The van der Waals surface area contributed by atoms with E-state index in [2.05, 4.69) is 15.2 Å². The first-order valence-electron chi connectivity index (χ1n) is 10.2. The standard InChI is InChI=1S/C22H27ClN4O/c23-18-7-8-21(26-13-4-5-14-26)19(16-18)25-22(28)27-15-3-1-2-6-20(27)17-9-11-24-12-10-17/h7-12,16,20H,1-6,13-15H2,(H,25,28)/t20-/m0/s1. The van der Waals surface area contributed by atoms with Crippen LogP contribution in [0.3, 0.4) is 0 Å². The van der Waals surface area contributed by atoms with Gasteiger partial charge in [-0.2, -0.15) is 0 Å². The fraction of sp³-hybridized carbons (Fsp3) is 0.455. The average molecular weight is 399 g/mol. The molecule has 6 heteroatoms. The zero-order valence-electron chi connectivity index (χ0n) is 16.1. The lowest BCUT2D eigenvalue weighted by atomic mass is 10.0. The van der Waals surface area contributed by atoms with E-state index in [0.717, 1.165) is 62.3 Å². The summed E-state index contributed by atoms with van der Waals surface area (Å²) in [5.74, 6) is 0. The van der Waals surface area contributed by atoms with Crippen LogP contribution in [0.4, 0.5) is 16.2 Å². The van der Waals surface area contributed by atoms with Gasteiger partial charge in [0.2, 0.25) is 0 Å². The lowest BCUT2D eigenvalue weighted by molar-refractivity contribution is 0.189. The van der Waals surface area contributed by atoms with Crippen molar-refractivity contribution in [2.75, 3.05) is 29.9 Å². The van der Waals surface area contributed by atoms with E-state index in [1.54, 1.807) is 12.4 Å². The SMILES string of the molecule is O=C(Nc1cc(Cl)ccc1N1CCCC1)N1CCCCC[C@H]1c1ccncc1. The Bertz CT molecular complexity index is 807. The highest BCUT2D eigenvalue weighted by Gasteiger charge is 2.28. The summed E-state index contributed by atoms with van der Waals surface area (Å²) in [4.78, 5) is 21.8. The third-order valence-corrected chi connectivity index (χ3v) is 5.99. The molecule has 1 N–H and O–H groups in total. The van der Waals surface area contributed by atoms with E-state index in [1.165, 1.54) is 12.8 Å². The van der Waals surface area contributed by atoms with E-state index in [0.29, 0.717) is 5.02 Å². The van der Waals surface area contributed by atoms with Gasteiger partial charge in [-0.05, 0) is 61.6 Å². The number of rotatable bonds is 3. The number of amides is 2. The van der Waals surface area contributed by atoms with Gasteiger partial charge in [-0.1, -0.05) is 24.4 Å². The summed E-state index contributed by atoms with van der Waals surface area (Å²) in [6.45, 7) is 2.81. The molecule has 0 saturated carbocycles. The highest BCUT2D eigenvalue weighted by atomic mass is 35.5. The molecule has 0 radical (unpaired) electrons. The number of carbonyl (C=O) groups excluding carboxylic acids is 1. The molecule has 3 heterocycles. The van der Waals surface area contributed by atoms with Gasteiger partial charge in [0.15, 0.2) is 0 Å². The molecule has 1 aromatic heterocycles. The zero-order chi connectivity index (χ0) is 19.3. The molecule has 5 nitrogen and oxygen atoms in total. The maximum absolute atomic E-state index is 13.3. The summed E-state index contributed by atoms with van der Waals surface area (Å²) < 4.78 is 0. The smallest absolute Gasteiger partial charge is 0.322 e. The largest absolute Gasteiger partial charge is 0.370 e. The normalized spacial score (nSPS) is 20.1. The monoisotopic (exact) mass is 398 g/mol. The van der Waals surface area contributed by atoms with Gasteiger partial charge >= 0.3 is 6.03 Å². The average Bonchev–Trinajstić information content (AvgIpc) is 3.12. The first-order chi connectivity index (χ1) is 13.7. The van der Waals surface area contributed by atoms with Crippen LogP contribution in [0.15, 0.2) is 42.7 Å². The van der Waals surface area contributed by atoms with Crippen LogP contribution in [-0.2, 0) is 0 Å². The molecule has 2 aliphatic heterocycles. The Hall–Kier alpha value is -2.27. The molecule has 1 aromatic carbocycles. The number of hydrogen-bond donors (Lipinski definition) is 1.